The summed E-state index contributed by atoms with van der Waals surface area (Å²) in [7, 11) is 2.07. The normalized spacial score (nSPS) is 19.6. The van der Waals surface area contributed by atoms with E-state index in [2.05, 4.69) is 22.6 Å². The Kier molecular flexibility index (Phi) is 8.02. The monoisotopic (exact) mass is 285 g/mol. The Bertz CT molecular complexity index is 310. The zero-order valence-corrected chi connectivity index (χ0v) is 12.4. The lowest BCUT2D eigenvalue weighted by Crippen LogP contribution is -2.49. The molecule has 20 heavy (non-hydrogen) atoms. The number of aliphatic carboxylic acids is 1. The van der Waals surface area contributed by atoms with Gasteiger partial charge in [0.25, 0.3) is 0 Å². The Morgan fingerprint density at radius 3 is 2.70 bits per heavy atom. The first-order chi connectivity index (χ1) is 9.58. The molecule has 3 N–H and O–H groups in total. The van der Waals surface area contributed by atoms with E-state index in [0.29, 0.717) is 6.54 Å². The summed E-state index contributed by atoms with van der Waals surface area (Å²) in [4.78, 5) is 24.2. The van der Waals surface area contributed by atoms with Crippen LogP contribution in [-0.4, -0.2) is 54.7 Å². The number of carboxylic acid groups (broad SMARTS) is 1. The lowest BCUT2D eigenvalue weighted by Gasteiger charge is -2.30. The number of rotatable bonds is 8. The third-order valence-electron chi connectivity index (χ3n) is 3.56. The van der Waals surface area contributed by atoms with Crippen LogP contribution in [-0.2, 0) is 4.79 Å². The first-order valence-corrected chi connectivity index (χ1v) is 7.52. The van der Waals surface area contributed by atoms with Crippen LogP contribution < -0.4 is 10.6 Å². The molecule has 1 unspecified atom stereocenters. The molecule has 1 aliphatic rings. The van der Waals surface area contributed by atoms with Crippen LogP contribution in [0.4, 0.5) is 4.79 Å². The van der Waals surface area contributed by atoms with Gasteiger partial charge >= 0.3 is 12.0 Å². The summed E-state index contributed by atoms with van der Waals surface area (Å²) in [5.41, 5.74) is 0. The molecule has 2 amide bonds. The Morgan fingerprint density at radius 1 is 1.25 bits per heavy atom. The fraction of sp³-hybridized carbons (Fsp3) is 0.857. The number of unbranched alkanes of at least 4 members (excludes halogenated alkanes) is 3. The van der Waals surface area contributed by atoms with Gasteiger partial charge in [-0.05, 0) is 39.3 Å². The minimum Gasteiger partial charge on any atom is -0.481 e. The third kappa shape index (κ3) is 7.99. The first-order valence-electron chi connectivity index (χ1n) is 7.52. The molecule has 1 atom stereocenters. The van der Waals surface area contributed by atoms with Gasteiger partial charge in [-0.2, -0.15) is 0 Å². The zero-order valence-electron chi connectivity index (χ0n) is 12.4. The number of hydrogen-bond acceptors (Lipinski definition) is 3. The number of nitrogens with one attached hydrogen (secondary N) is 2. The Morgan fingerprint density at radius 2 is 2.00 bits per heavy atom. The van der Waals surface area contributed by atoms with Gasteiger partial charge in [0, 0.05) is 25.6 Å². The highest BCUT2D eigenvalue weighted by molar-refractivity contribution is 5.74. The highest BCUT2D eigenvalue weighted by Crippen LogP contribution is 2.07. The number of carbonyl (C=O) groups excluding carboxylic acids is 1. The molecule has 0 bridgehead atoms. The Hall–Kier alpha value is -1.30. The minimum atomic E-state index is -0.736. The minimum absolute atomic E-state index is 0.0872. The van der Waals surface area contributed by atoms with Crippen molar-refractivity contribution in [3.05, 3.63) is 0 Å². The second kappa shape index (κ2) is 9.58. The second-order valence-electron chi connectivity index (χ2n) is 5.56. The second-order valence-corrected chi connectivity index (χ2v) is 5.56. The summed E-state index contributed by atoms with van der Waals surface area (Å²) in [6.45, 7) is 2.68. The van der Waals surface area contributed by atoms with E-state index in [1.807, 2.05) is 0 Å². The van der Waals surface area contributed by atoms with E-state index in [4.69, 9.17) is 5.11 Å². The van der Waals surface area contributed by atoms with Crippen molar-refractivity contribution in [1.29, 1.82) is 0 Å². The number of carbonyl (C=O) groups is 2. The number of likely N-dealkylation sites (tertiary alicyclic amines) is 1. The van der Waals surface area contributed by atoms with Crippen LogP contribution >= 0.6 is 0 Å². The number of likely N-dealkylation sites (N-methyl/N-ethyl adjacent to an activating group) is 1. The van der Waals surface area contributed by atoms with Crippen LogP contribution in [0.15, 0.2) is 0 Å². The predicted octanol–water partition coefficient (Wildman–Crippen LogP) is 1.41. The molecule has 116 valence electrons. The van der Waals surface area contributed by atoms with E-state index < -0.39 is 5.97 Å². The molecular weight excluding hydrogens is 258 g/mol. The van der Waals surface area contributed by atoms with Crippen molar-refractivity contribution in [2.24, 2.45) is 0 Å². The van der Waals surface area contributed by atoms with Crippen LogP contribution in [0.1, 0.15) is 44.9 Å². The molecule has 0 radical (unpaired) electrons. The van der Waals surface area contributed by atoms with Crippen LogP contribution in [0.2, 0.25) is 0 Å². The van der Waals surface area contributed by atoms with Gasteiger partial charge in [0.2, 0.25) is 0 Å². The van der Waals surface area contributed by atoms with Gasteiger partial charge in [-0.15, -0.1) is 0 Å². The third-order valence-corrected chi connectivity index (χ3v) is 3.56. The van der Waals surface area contributed by atoms with Crippen molar-refractivity contribution in [3.63, 3.8) is 0 Å². The fourth-order valence-electron chi connectivity index (χ4n) is 2.48. The number of nitrogens with zero attached hydrogens (tertiary/aromatic N) is 1. The van der Waals surface area contributed by atoms with Gasteiger partial charge in [-0.25, -0.2) is 4.79 Å². The maximum absolute atomic E-state index is 11.7. The lowest BCUT2D eigenvalue weighted by atomic mass is 10.1. The summed E-state index contributed by atoms with van der Waals surface area (Å²) in [5, 5.41) is 14.4. The van der Waals surface area contributed by atoms with E-state index in [9.17, 15) is 9.59 Å². The van der Waals surface area contributed by atoms with Crippen molar-refractivity contribution < 1.29 is 14.7 Å². The van der Waals surface area contributed by atoms with Gasteiger partial charge in [0.05, 0.1) is 0 Å². The maximum atomic E-state index is 11.7. The van der Waals surface area contributed by atoms with Crippen LogP contribution in [0.5, 0.6) is 0 Å². The lowest BCUT2D eigenvalue weighted by molar-refractivity contribution is -0.137. The summed E-state index contributed by atoms with van der Waals surface area (Å²) < 4.78 is 0. The number of carboxylic acids is 1. The summed E-state index contributed by atoms with van der Waals surface area (Å²) in [5.74, 6) is -0.736. The van der Waals surface area contributed by atoms with Crippen molar-refractivity contribution >= 4 is 12.0 Å². The molecule has 1 aliphatic heterocycles. The Labute approximate surface area is 120 Å². The van der Waals surface area contributed by atoms with E-state index in [0.717, 1.165) is 51.6 Å². The molecule has 0 aromatic rings. The topological polar surface area (TPSA) is 81.7 Å². The highest BCUT2D eigenvalue weighted by Gasteiger charge is 2.18. The van der Waals surface area contributed by atoms with Gasteiger partial charge in [-0.3, -0.25) is 4.79 Å². The van der Waals surface area contributed by atoms with E-state index in [1.54, 1.807) is 0 Å². The first kappa shape index (κ1) is 16.8. The fourth-order valence-corrected chi connectivity index (χ4v) is 2.48. The van der Waals surface area contributed by atoms with E-state index in [-0.39, 0.29) is 18.5 Å². The quantitative estimate of drug-likeness (QED) is 0.589. The largest absolute Gasteiger partial charge is 0.481 e. The molecular formula is C14H27N3O3. The molecule has 1 heterocycles. The zero-order chi connectivity index (χ0) is 14.8. The molecule has 1 rings (SSSR count). The smallest absolute Gasteiger partial charge is 0.315 e. The molecule has 0 saturated carbocycles. The predicted molar refractivity (Wildman–Crippen MR) is 77.8 cm³/mol. The van der Waals surface area contributed by atoms with Gasteiger partial charge in [-0.1, -0.05) is 12.8 Å². The molecule has 0 aromatic carbocycles. The molecule has 6 nitrogen and oxygen atoms in total. The molecule has 0 aliphatic carbocycles. The number of urea groups is 1. The summed E-state index contributed by atoms with van der Waals surface area (Å²) >= 11 is 0. The molecule has 0 aromatic heterocycles. The highest BCUT2D eigenvalue weighted by atomic mass is 16.4. The van der Waals surface area contributed by atoms with E-state index in [1.165, 1.54) is 0 Å². The Balaban J connectivity index is 1.96. The molecule has 0 spiro atoms. The summed E-state index contributed by atoms with van der Waals surface area (Å²) in [6.07, 6.45) is 5.90. The number of hydrogen-bond donors (Lipinski definition) is 3. The van der Waals surface area contributed by atoms with Gasteiger partial charge in [0.15, 0.2) is 0 Å². The van der Waals surface area contributed by atoms with Gasteiger partial charge in [0.1, 0.15) is 0 Å². The molecule has 6 heteroatoms. The van der Waals surface area contributed by atoms with Gasteiger partial charge < -0.3 is 20.6 Å². The van der Waals surface area contributed by atoms with Crippen molar-refractivity contribution in [2.75, 3.05) is 26.7 Å². The SMILES string of the molecule is CN1CCCC(NC(=O)NCCCCCCC(=O)O)C1. The average molecular weight is 285 g/mol. The van der Waals surface area contributed by atoms with Crippen molar-refractivity contribution in [1.82, 2.24) is 15.5 Å². The van der Waals surface area contributed by atoms with Crippen LogP contribution in [0.3, 0.4) is 0 Å². The van der Waals surface area contributed by atoms with Crippen LogP contribution in [0, 0.1) is 0 Å². The summed E-state index contributed by atoms with van der Waals surface area (Å²) in [6, 6.07) is 0.167. The molecule has 1 saturated heterocycles. The van der Waals surface area contributed by atoms with Crippen molar-refractivity contribution in [2.45, 2.75) is 51.0 Å². The number of piperidine rings is 1. The van der Waals surface area contributed by atoms with Crippen LogP contribution in [0.25, 0.3) is 0 Å². The van der Waals surface area contributed by atoms with E-state index >= 15 is 0 Å². The van der Waals surface area contributed by atoms with Crippen molar-refractivity contribution in [3.8, 4) is 0 Å². The standard InChI is InChI=1S/C14H27N3O3/c1-17-10-6-7-12(11-17)16-14(20)15-9-5-3-2-4-8-13(18)19/h12H,2-11H2,1H3,(H,18,19)(H2,15,16,20). The molecule has 1 fully saturated rings. The average Bonchev–Trinajstić information content (AvgIpc) is 2.37. The number of amides is 2. The maximum Gasteiger partial charge on any atom is 0.315 e.